The van der Waals surface area contributed by atoms with Crippen LogP contribution in [0.5, 0.6) is 0 Å². The van der Waals surface area contributed by atoms with Gasteiger partial charge in [-0.15, -0.1) is 0 Å². The second-order valence-corrected chi connectivity index (χ2v) is 7.70. The molecule has 0 unspecified atom stereocenters. The molecular weight excluding hydrogens is 357 g/mol. The summed E-state index contributed by atoms with van der Waals surface area (Å²) in [4.78, 5) is 28.4. The predicted molar refractivity (Wildman–Crippen MR) is 94.9 cm³/mol. The molecule has 1 atom stereocenters. The molecule has 1 aromatic carbocycles. The lowest BCUT2D eigenvalue weighted by Crippen LogP contribution is -2.55. The molecule has 2 amide bonds. The van der Waals surface area contributed by atoms with Gasteiger partial charge < -0.3 is 9.80 Å². The van der Waals surface area contributed by atoms with Crippen molar-refractivity contribution in [1.82, 2.24) is 9.80 Å². The van der Waals surface area contributed by atoms with E-state index in [9.17, 15) is 22.8 Å². The van der Waals surface area contributed by atoms with Crippen molar-refractivity contribution in [3.63, 3.8) is 0 Å². The lowest BCUT2D eigenvalue weighted by atomic mass is 9.73. The van der Waals surface area contributed by atoms with Crippen molar-refractivity contribution in [3.05, 3.63) is 35.4 Å². The monoisotopic (exact) mass is 382 g/mol. The zero-order valence-electron chi connectivity index (χ0n) is 15.5. The molecular formula is C20H25F3N2O2. The van der Waals surface area contributed by atoms with Crippen LogP contribution in [0.15, 0.2) is 24.3 Å². The van der Waals surface area contributed by atoms with E-state index >= 15 is 0 Å². The Morgan fingerprint density at radius 2 is 1.85 bits per heavy atom. The third kappa shape index (κ3) is 4.45. The highest BCUT2D eigenvalue weighted by atomic mass is 19.4. The highest BCUT2D eigenvalue weighted by molar-refractivity contribution is 5.79. The molecule has 0 radical (unpaired) electrons. The van der Waals surface area contributed by atoms with Gasteiger partial charge in [-0.05, 0) is 43.9 Å². The van der Waals surface area contributed by atoms with Crippen LogP contribution in [0.2, 0.25) is 0 Å². The van der Waals surface area contributed by atoms with Gasteiger partial charge in [-0.2, -0.15) is 13.2 Å². The summed E-state index contributed by atoms with van der Waals surface area (Å²) in [5, 5.41) is 0. The highest BCUT2D eigenvalue weighted by Gasteiger charge is 2.42. The summed E-state index contributed by atoms with van der Waals surface area (Å²) in [5.74, 6) is 0.116. The zero-order chi connectivity index (χ0) is 19.7. The Bertz CT molecular complexity index is 702. The first kappa shape index (κ1) is 19.7. The molecule has 1 aromatic rings. The van der Waals surface area contributed by atoms with Crippen LogP contribution in [0.4, 0.5) is 13.2 Å². The van der Waals surface area contributed by atoms with Gasteiger partial charge in [-0.1, -0.05) is 12.1 Å². The summed E-state index contributed by atoms with van der Waals surface area (Å²) in [6, 6.07) is 4.79. The largest absolute Gasteiger partial charge is 0.416 e. The Hall–Kier alpha value is -2.05. The second-order valence-electron chi connectivity index (χ2n) is 7.70. The van der Waals surface area contributed by atoms with Gasteiger partial charge in [0.05, 0.1) is 12.0 Å². The normalized spacial score (nSPS) is 23.8. The van der Waals surface area contributed by atoms with E-state index in [0.717, 1.165) is 31.4 Å². The Kier molecular flexibility index (Phi) is 5.49. The number of nitrogens with zero attached hydrogens (tertiary/aromatic N) is 2. The van der Waals surface area contributed by atoms with Crippen LogP contribution in [0, 0.1) is 5.41 Å². The summed E-state index contributed by atoms with van der Waals surface area (Å²) < 4.78 is 38.0. The number of carbonyl (C=O) groups is 2. The highest BCUT2D eigenvalue weighted by Crippen LogP contribution is 2.39. The van der Waals surface area contributed by atoms with Gasteiger partial charge in [0.15, 0.2) is 0 Å². The molecule has 2 saturated heterocycles. The van der Waals surface area contributed by atoms with Gasteiger partial charge >= 0.3 is 6.18 Å². The number of rotatable bonds is 3. The molecule has 3 rings (SSSR count). The third-order valence-corrected chi connectivity index (χ3v) is 5.78. The zero-order valence-corrected chi connectivity index (χ0v) is 15.5. The van der Waals surface area contributed by atoms with Gasteiger partial charge in [0.25, 0.3) is 0 Å². The predicted octanol–water partition coefficient (Wildman–Crippen LogP) is 3.50. The van der Waals surface area contributed by atoms with Crippen LogP contribution < -0.4 is 0 Å². The van der Waals surface area contributed by atoms with Gasteiger partial charge in [-0.3, -0.25) is 9.59 Å². The van der Waals surface area contributed by atoms with Crippen molar-refractivity contribution in [2.45, 2.75) is 45.2 Å². The molecule has 2 aliphatic rings. The van der Waals surface area contributed by atoms with Crippen LogP contribution in [0.1, 0.15) is 43.7 Å². The summed E-state index contributed by atoms with van der Waals surface area (Å²) in [5.41, 5.74) is -0.165. The number of alkyl halides is 3. The standard InChI is InChI=1S/C20H25F3N2O2/c1-2-24-13-19(10-8-17(24)26)9-3-11-25(14-19)18(27)12-15-4-6-16(7-5-15)20(21,22)23/h4-7H,2-3,8-14H2,1H3/t19-/m0/s1. The van der Waals surface area contributed by atoms with Crippen LogP contribution in [-0.4, -0.2) is 47.8 Å². The summed E-state index contributed by atoms with van der Waals surface area (Å²) in [6.45, 7) is 4.62. The van der Waals surface area contributed by atoms with Crippen LogP contribution in [0.3, 0.4) is 0 Å². The van der Waals surface area contributed by atoms with Crippen LogP contribution in [-0.2, 0) is 22.2 Å². The fourth-order valence-electron chi connectivity index (χ4n) is 4.24. The molecule has 0 aromatic heterocycles. The van der Waals surface area contributed by atoms with E-state index in [0.29, 0.717) is 38.2 Å². The fourth-order valence-corrected chi connectivity index (χ4v) is 4.24. The summed E-state index contributed by atoms with van der Waals surface area (Å²) in [7, 11) is 0. The van der Waals surface area contributed by atoms with Crippen molar-refractivity contribution in [2.24, 2.45) is 5.41 Å². The average molecular weight is 382 g/mol. The molecule has 0 bridgehead atoms. The number of carbonyl (C=O) groups excluding carboxylic acids is 2. The molecule has 0 N–H and O–H groups in total. The van der Waals surface area contributed by atoms with Gasteiger partial charge in [0.2, 0.25) is 11.8 Å². The Balaban J connectivity index is 1.64. The van der Waals surface area contributed by atoms with E-state index in [1.807, 2.05) is 16.7 Å². The molecule has 7 heteroatoms. The van der Waals surface area contributed by atoms with Crippen molar-refractivity contribution < 1.29 is 22.8 Å². The number of hydrogen-bond acceptors (Lipinski definition) is 2. The number of piperidine rings is 2. The fraction of sp³-hybridized carbons (Fsp3) is 0.600. The number of amides is 2. The van der Waals surface area contributed by atoms with Gasteiger partial charge in [0, 0.05) is 38.0 Å². The van der Waals surface area contributed by atoms with E-state index in [2.05, 4.69) is 0 Å². The molecule has 4 nitrogen and oxygen atoms in total. The summed E-state index contributed by atoms with van der Waals surface area (Å²) >= 11 is 0. The van der Waals surface area contributed by atoms with E-state index in [-0.39, 0.29) is 23.7 Å². The van der Waals surface area contributed by atoms with Crippen molar-refractivity contribution in [2.75, 3.05) is 26.2 Å². The smallest absolute Gasteiger partial charge is 0.342 e. The van der Waals surface area contributed by atoms with E-state index in [1.54, 1.807) is 0 Å². The average Bonchev–Trinajstić information content (AvgIpc) is 2.64. The number of halogens is 3. The Morgan fingerprint density at radius 1 is 1.15 bits per heavy atom. The minimum Gasteiger partial charge on any atom is -0.342 e. The minimum absolute atomic E-state index is 0.0437. The maximum absolute atomic E-state index is 12.7. The minimum atomic E-state index is -4.37. The molecule has 0 saturated carbocycles. The van der Waals surface area contributed by atoms with E-state index in [1.165, 1.54) is 12.1 Å². The van der Waals surface area contributed by atoms with Gasteiger partial charge in [0.1, 0.15) is 0 Å². The molecule has 27 heavy (non-hydrogen) atoms. The number of benzene rings is 1. The molecule has 2 heterocycles. The molecule has 2 fully saturated rings. The lowest BCUT2D eigenvalue weighted by molar-refractivity contribution is -0.142. The Morgan fingerprint density at radius 3 is 2.48 bits per heavy atom. The molecule has 148 valence electrons. The van der Waals surface area contributed by atoms with E-state index < -0.39 is 11.7 Å². The number of likely N-dealkylation sites (tertiary alicyclic amines) is 2. The Labute approximate surface area is 157 Å². The SMILES string of the molecule is CCN1C[C@]2(CCCN(C(=O)Cc3ccc(C(F)(F)F)cc3)C2)CCC1=O. The third-order valence-electron chi connectivity index (χ3n) is 5.78. The van der Waals surface area contributed by atoms with Crippen molar-refractivity contribution >= 4 is 11.8 Å². The van der Waals surface area contributed by atoms with Crippen molar-refractivity contribution in [3.8, 4) is 0 Å². The molecule has 2 aliphatic heterocycles. The van der Waals surface area contributed by atoms with Crippen molar-refractivity contribution in [1.29, 1.82) is 0 Å². The molecule has 0 aliphatic carbocycles. The van der Waals surface area contributed by atoms with Crippen LogP contribution >= 0.6 is 0 Å². The maximum Gasteiger partial charge on any atom is 0.416 e. The maximum atomic E-state index is 12.7. The first-order chi connectivity index (χ1) is 12.7. The van der Waals surface area contributed by atoms with Crippen LogP contribution in [0.25, 0.3) is 0 Å². The molecule has 1 spiro atoms. The van der Waals surface area contributed by atoms with Gasteiger partial charge in [-0.25, -0.2) is 0 Å². The first-order valence-corrected chi connectivity index (χ1v) is 9.44. The number of hydrogen-bond donors (Lipinski definition) is 0. The first-order valence-electron chi connectivity index (χ1n) is 9.44. The topological polar surface area (TPSA) is 40.6 Å². The summed E-state index contributed by atoms with van der Waals surface area (Å²) in [6.07, 6.45) is -1.05. The van der Waals surface area contributed by atoms with E-state index in [4.69, 9.17) is 0 Å². The lowest BCUT2D eigenvalue weighted by Gasteiger charge is -2.48. The quantitative estimate of drug-likeness (QED) is 0.803. The second kappa shape index (κ2) is 7.52.